The van der Waals surface area contributed by atoms with Crippen LogP contribution in [-0.2, 0) is 23.7 Å². The monoisotopic (exact) mass is 264 g/mol. The van der Waals surface area contributed by atoms with Crippen LogP contribution in [0, 0.1) is 0 Å². The number of hydrogen-bond acceptors (Lipinski definition) is 5. The number of ether oxygens (including phenoxy) is 4. The molecule has 108 valence electrons. The van der Waals surface area contributed by atoms with Crippen LogP contribution in [0.15, 0.2) is 0 Å². The molecule has 6 nitrogen and oxygen atoms in total. The van der Waals surface area contributed by atoms with Gasteiger partial charge in [0.2, 0.25) is 0 Å². The fraction of sp³-hybridized carbons (Fsp3) is 0.917. The molecule has 0 rings (SSSR count). The number of aliphatic carboxylic acids is 1. The van der Waals surface area contributed by atoms with E-state index in [1.807, 2.05) is 0 Å². The van der Waals surface area contributed by atoms with Crippen molar-refractivity contribution in [2.45, 2.75) is 19.3 Å². The van der Waals surface area contributed by atoms with Gasteiger partial charge in [-0.05, 0) is 12.8 Å². The van der Waals surface area contributed by atoms with Crippen molar-refractivity contribution in [1.82, 2.24) is 0 Å². The summed E-state index contributed by atoms with van der Waals surface area (Å²) in [4.78, 5) is 10.2. The highest BCUT2D eigenvalue weighted by Crippen LogP contribution is 1.95. The van der Waals surface area contributed by atoms with E-state index in [1.54, 1.807) is 7.11 Å². The van der Waals surface area contributed by atoms with Gasteiger partial charge in [0.1, 0.15) is 0 Å². The molecule has 18 heavy (non-hydrogen) atoms. The van der Waals surface area contributed by atoms with E-state index in [0.29, 0.717) is 52.7 Å². The van der Waals surface area contributed by atoms with Crippen molar-refractivity contribution in [3.63, 3.8) is 0 Å². The van der Waals surface area contributed by atoms with Crippen LogP contribution in [0.1, 0.15) is 19.3 Å². The summed E-state index contributed by atoms with van der Waals surface area (Å²) in [5.74, 6) is -0.758. The molecule has 0 radical (unpaired) electrons. The highest BCUT2D eigenvalue weighted by Gasteiger charge is 1.96. The fourth-order valence-electron chi connectivity index (χ4n) is 1.16. The van der Waals surface area contributed by atoms with Gasteiger partial charge in [-0.2, -0.15) is 0 Å². The zero-order valence-electron chi connectivity index (χ0n) is 11.1. The minimum atomic E-state index is -0.758. The summed E-state index contributed by atoms with van der Waals surface area (Å²) in [6.45, 7) is 3.94. The second-order valence-electron chi connectivity index (χ2n) is 3.68. The van der Waals surface area contributed by atoms with E-state index in [4.69, 9.17) is 24.1 Å². The zero-order valence-corrected chi connectivity index (χ0v) is 11.1. The number of hydrogen-bond donors (Lipinski definition) is 1. The summed E-state index contributed by atoms with van der Waals surface area (Å²) in [6, 6.07) is 0. The van der Waals surface area contributed by atoms with Gasteiger partial charge < -0.3 is 24.1 Å². The van der Waals surface area contributed by atoms with Gasteiger partial charge in [0.05, 0.1) is 39.6 Å². The Bertz CT molecular complexity index is 185. The number of rotatable bonds is 14. The molecule has 0 saturated carbocycles. The van der Waals surface area contributed by atoms with Crippen LogP contribution in [0.25, 0.3) is 0 Å². The maximum absolute atomic E-state index is 10.2. The fourth-order valence-corrected chi connectivity index (χ4v) is 1.16. The minimum Gasteiger partial charge on any atom is -0.481 e. The van der Waals surface area contributed by atoms with Crippen molar-refractivity contribution in [2.24, 2.45) is 0 Å². The molecule has 6 heteroatoms. The lowest BCUT2D eigenvalue weighted by atomic mass is 10.2. The van der Waals surface area contributed by atoms with Gasteiger partial charge >= 0.3 is 5.97 Å². The van der Waals surface area contributed by atoms with Gasteiger partial charge in [0, 0.05) is 20.1 Å². The smallest absolute Gasteiger partial charge is 0.303 e. The first kappa shape index (κ1) is 17.3. The molecule has 0 heterocycles. The Balaban J connectivity index is 2.92. The van der Waals surface area contributed by atoms with Crippen molar-refractivity contribution in [1.29, 1.82) is 0 Å². The third-order valence-electron chi connectivity index (χ3n) is 2.11. The first-order valence-electron chi connectivity index (χ1n) is 6.21. The van der Waals surface area contributed by atoms with Crippen molar-refractivity contribution in [3.05, 3.63) is 0 Å². The van der Waals surface area contributed by atoms with Crippen LogP contribution < -0.4 is 0 Å². The molecule has 0 aliphatic carbocycles. The lowest BCUT2D eigenvalue weighted by Crippen LogP contribution is -2.11. The normalized spacial score (nSPS) is 10.7. The summed E-state index contributed by atoms with van der Waals surface area (Å²) < 4.78 is 20.6. The van der Waals surface area contributed by atoms with Crippen LogP contribution in [0.4, 0.5) is 0 Å². The first-order valence-corrected chi connectivity index (χ1v) is 6.21. The second kappa shape index (κ2) is 14.4. The standard InChI is InChI=1S/C12H24O6/c1-15-6-7-17-10-11-18-9-8-16-5-3-2-4-12(13)14/h2-11H2,1H3,(H,13,14). The third-order valence-corrected chi connectivity index (χ3v) is 2.11. The Morgan fingerprint density at radius 2 is 1.33 bits per heavy atom. The van der Waals surface area contributed by atoms with Crippen LogP contribution in [-0.4, -0.2) is 64.4 Å². The Labute approximate surface area is 108 Å². The zero-order chi connectivity index (χ0) is 13.5. The molecule has 0 spiro atoms. The van der Waals surface area contributed by atoms with Gasteiger partial charge in [-0.25, -0.2) is 0 Å². The highest BCUT2D eigenvalue weighted by atomic mass is 16.6. The SMILES string of the molecule is COCCOCCOCCOCCCCC(=O)O. The molecule has 0 aromatic heterocycles. The molecular formula is C12H24O6. The lowest BCUT2D eigenvalue weighted by Gasteiger charge is -2.06. The summed E-state index contributed by atoms with van der Waals surface area (Å²) in [7, 11) is 1.63. The van der Waals surface area contributed by atoms with E-state index < -0.39 is 5.97 Å². The molecule has 0 amide bonds. The quantitative estimate of drug-likeness (QED) is 0.471. The van der Waals surface area contributed by atoms with E-state index in [-0.39, 0.29) is 6.42 Å². The molecule has 0 aromatic rings. The van der Waals surface area contributed by atoms with Gasteiger partial charge in [0.25, 0.3) is 0 Å². The number of unbranched alkanes of at least 4 members (excludes halogenated alkanes) is 1. The Morgan fingerprint density at radius 3 is 1.83 bits per heavy atom. The summed E-state index contributed by atoms with van der Waals surface area (Å²) in [5.41, 5.74) is 0. The summed E-state index contributed by atoms with van der Waals surface area (Å²) in [5, 5.41) is 8.41. The lowest BCUT2D eigenvalue weighted by molar-refractivity contribution is -0.137. The number of carboxylic acids is 1. The van der Waals surface area contributed by atoms with Crippen LogP contribution in [0.5, 0.6) is 0 Å². The minimum absolute atomic E-state index is 0.207. The molecule has 0 unspecified atom stereocenters. The second-order valence-corrected chi connectivity index (χ2v) is 3.68. The molecule has 0 bridgehead atoms. The van der Waals surface area contributed by atoms with Gasteiger partial charge in [-0.3, -0.25) is 4.79 Å². The van der Waals surface area contributed by atoms with Crippen molar-refractivity contribution >= 4 is 5.97 Å². The Kier molecular flexibility index (Phi) is 13.8. The molecule has 0 fully saturated rings. The molecular weight excluding hydrogens is 240 g/mol. The van der Waals surface area contributed by atoms with E-state index in [9.17, 15) is 4.79 Å². The van der Waals surface area contributed by atoms with Crippen LogP contribution in [0.2, 0.25) is 0 Å². The van der Waals surface area contributed by atoms with E-state index in [0.717, 1.165) is 6.42 Å². The number of carbonyl (C=O) groups is 1. The van der Waals surface area contributed by atoms with Crippen LogP contribution in [0.3, 0.4) is 0 Å². The van der Waals surface area contributed by atoms with Crippen molar-refractivity contribution in [2.75, 3.05) is 53.4 Å². The number of carboxylic acid groups (broad SMARTS) is 1. The van der Waals surface area contributed by atoms with Gasteiger partial charge in [-0.1, -0.05) is 0 Å². The molecule has 0 saturated heterocycles. The van der Waals surface area contributed by atoms with Gasteiger partial charge in [0.15, 0.2) is 0 Å². The van der Waals surface area contributed by atoms with E-state index in [2.05, 4.69) is 0 Å². The van der Waals surface area contributed by atoms with Crippen molar-refractivity contribution < 1.29 is 28.8 Å². The molecule has 0 aliphatic heterocycles. The maximum atomic E-state index is 10.2. The first-order chi connectivity index (χ1) is 8.77. The highest BCUT2D eigenvalue weighted by molar-refractivity contribution is 5.66. The van der Waals surface area contributed by atoms with Crippen LogP contribution >= 0.6 is 0 Å². The predicted molar refractivity (Wildman–Crippen MR) is 65.8 cm³/mol. The molecule has 0 atom stereocenters. The Hall–Kier alpha value is -0.690. The molecule has 0 aromatic carbocycles. The Morgan fingerprint density at radius 1 is 0.833 bits per heavy atom. The summed E-state index contributed by atoms with van der Waals surface area (Å²) >= 11 is 0. The topological polar surface area (TPSA) is 74.2 Å². The largest absolute Gasteiger partial charge is 0.481 e. The molecule has 1 N–H and O–H groups in total. The van der Waals surface area contributed by atoms with Gasteiger partial charge in [-0.15, -0.1) is 0 Å². The van der Waals surface area contributed by atoms with Crippen molar-refractivity contribution in [3.8, 4) is 0 Å². The third kappa shape index (κ3) is 15.3. The summed E-state index contributed by atoms with van der Waals surface area (Å²) in [6.07, 6.45) is 1.63. The van der Waals surface area contributed by atoms with E-state index in [1.165, 1.54) is 0 Å². The number of methoxy groups -OCH3 is 1. The average Bonchev–Trinajstić information content (AvgIpc) is 2.34. The maximum Gasteiger partial charge on any atom is 0.303 e. The van der Waals surface area contributed by atoms with E-state index >= 15 is 0 Å². The average molecular weight is 264 g/mol. The predicted octanol–water partition coefficient (Wildman–Crippen LogP) is 0.937. The molecule has 0 aliphatic rings.